The van der Waals surface area contributed by atoms with Crippen molar-refractivity contribution in [3.8, 4) is 5.75 Å². The Morgan fingerprint density at radius 2 is 1.86 bits per heavy atom. The first kappa shape index (κ1) is 25.6. The summed E-state index contributed by atoms with van der Waals surface area (Å²) in [6.07, 6.45) is 7.03. The molecule has 1 aliphatic carbocycles. The van der Waals surface area contributed by atoms with Crippen molar-refractivity contribution >= 4 is 35.0 Å². The van der Waals surface area contributed by atoms with Crippen molar-refractivity contribution in [1.29, 1.82) is 0 Å². The number of nitrogens with zero attached hydrogens (tertiary/aromatic N) is 4. The Morgan fingerprint density at radius 3 is 2.50 bits per heavy atom. The standard InChI is InChI=1S/C23H30N8O3.C2H6/c1-24-22(33)15-10-26-17(30-21(32)14-3-4-14)9-16(15)29-19-18(34-2)20(28-13-27-19)31-11-23(12-31)5-7-25-8-6-23;1-2/h9-10,13-14,25H,3-8,11-12H2,1-2H3,(H,24,33)(H2,26,27,28,29,30,32);1-2H3. The summed E-state index contributed by atoms with van der Waals surface area (Å²) in [5.74, 6) is 1.72. The number of carbonyl (C=O) groups is 2. The zero-order valence-electron chi connectivity index (χ0n) is 21.5. The molecular weight excluding hydrogens is 460 g/mol. The zero-order valence-corrected chi connectivity index (χ0v) is 21.5. The number of rotatable bonds is 7. The van der Waals surface area contributed by atoms with Crippen molar-refractivity contribution in [2.24, 2.45) is 11.3 Å². The summed E-state index contributed by atoms with van der Waals surface area (Å²) in [7, 11) is 3.14. The smallest absolute Gasteiger partial charge is 0.254 e. The second kappa shape index (κ2) is 11.1. The SMILES string of the molecule is CC.CNC(=O)c1cnc(NC(=O)C2CC2)cc1Nc1ncnc(N2CC3(CCNCC3)C2)c1OC. The van der Waals surface area contributed by atoms with Crippen molar-refractivity contribution in [2.45, 2.75) is 39.5 Å². The zero-order chi connectivity index (χ0) is 25.7. The second-order valence-corrected chi connectivity index (χ2v) is 9.27. The normalized spacial score (nSPS) is 17.8. The van der Waals surface area contributed by atoms with Gasteiger partial charge in [0.2, 0.25) is 11.7 Å². The van der Waals surface area contributed by atoms with E-state index in [9.17, 15) is 9.59 Å². The van der Waals surface area contributed by atoms with Gasteiger partial charge in [-0.3, -0.25) is 9.59 Å². The molecule has 4 N–H and O–H groups in total. The predicted molar refractivity (Wildman–Crippen MR) is 139 cm³/mol. The number of aromatic nitrogens is 3. The van der Waals surface area contributed by atoms with Crippen molar-refractivity contribution < 1.29 is 14.3 Å². The van der Waals surface area contributed by atoms with Crippen LogP contribution in [0.15, 0.2) is 18.6 Å². The average Bonchev–Trinajstić information content (AvgIpc) is 3.74. The van der Waals surface area contributed by atoms with E-state index >= 15 is 0 Å². The summed E-state index contributed by atoms with van der Waals surface area (Å²) in [6.45, 7) is 7.95. The third-order valence-electron chi connectivity index (χ3n) is 6.83. The van der Waals surface area contributed by atoms with Gasteiger partial charge < -0.3 is 30.9 Å². The molecule has 11 nitrogen and oxygen atoms in total. The maximum Gasteiger partial charge on any atom is 0.254 e. The molecule has 1 saturated carbocycles. The monoisotopic (exact) mass is 496 g/mol. The Kier molecular flexibility index (Phi) is 7.88. The Hall–Kier alpha value is -3.47. The third-order valence-corrected chi connectivity index (χ3v) is 6.83. The average molecular weight is 497 g/mol. The third kappa shape index (κ3) is 5.35. The van der Waals surface area contributed by atoms with Crippen molar-refractivity contribution in [2.75, 3.05) is 55.9 Å². The van der Waals surface area contributed by atoms with Crippen LogP contribution >= 0.6 is 0 Å². The summed E-state index contributed by atoms with van der Waals surface area (Å²) < 4.78 is 5.72. The first-order chi connectivity index (χ1) is 17.5. The van der Waals surface area contributed by atoms with Gasteiger partial charge in [-0.1, -0.05) is 13.8 Å². The van der Waals surface area contributed by atoms with Gasteiger partial charge >= 0.3 is 0 Å². The first-order valence-corrected chi connectivity index (χ1v) is 12.7. The van der Waals surface area contributed by atoms with E-state index in [1.54, 1.807) is 20.2 Å². The number of piperidine rings is 1. The van der Waals surface area contributed by atoms with Crippen LogP contribution in [0.5, 0.6) is 5.75 Å². The first-order valence-electron chi connectivity index (χ1n) is 12.7. The van der Waals surface area contributed by atoms with Crippen LogP contribution in [-0.4, -0.2) is 67.1 Å². The number of ether oxygens (including phenoxy) is 1. The molecule has 4 heterocycles. The number of carbonyl (C=O) groups excluding carboxylic acids is 2. The number of hydrogen-bond donors (Lipinski definition) is 4. The Labute approximate surface area is 211 Å². The molecule has 11 heteroatoms. The number of pyridine rings is 1. The molecule has 2 amide bonds. The summed E-state index contributed by atoms with van der Waals surface area (Å²) in [5.41, 5.74) is 1.12. The fourth-order valence-electron chi connectivity index (χ4n) is 4.70. The fraction of sp³-hybridized carbons (Fsp3) is 0.560. The molecule has 1 spiro atoms. The van der Waals surface area contributed by atoms with E-state index in [-0.39, 0.29) is 17.7 Å². The summed E-state index contributed by atoms with van der Waals surface area (Å²) in [5, 5.41) is 12.1. The van der Waals surface area contributed by atoms with Crippen LogP contribution in [0.4, 0.5) is 23.1 Å². The molecule has 0 atom stereocenters. The number of amides is 2. The number of hydrogen-bond acceptors (Lipinski definition) is 9. The van der Waals surface area contributed by atoms with Crippen molar-refractivity contribution in [1.82, 2.24) is 25.6 Å². The van der Waals surface area contributed by atoms with Crippen LogP contribution in [-0.2, 0) is 4.79 Å². The number of anilines is 4. The van der Waals surface area contributed by atoms with Crippen LogP contribution in [0.25, 0.3) is 0 Å². The van der Waals surface area contributed by atoms with Gasteiger partial charge in [0.05, 0.1) is 18.4 Å². The lowest BCUT2D eigenvalue weighted by Gasteiger charge is -2.53. The molecule has 0 bridgehead atoms. The highest BCUT2D eigenvalue weighted by Gasteiger charge is 2.45. The minimum absolute atomic E-state index is 0.0427. The molecule has 0 radical (unpaired) electrons. The Morgan fingerprint density at radius 1 is 1.14 bits per heavy atom. The van der Waals surface area contributed by atoms with Gasteiger partial charge in [-0.25, -0.2) is 15.0 Å². The molecule has 2 aromatic rings. The van der Waals surface area contributed by atoms with Gasteiger partial charge in [-0.2, -0.15) is 0 Å². The van der Waals surface area contributed by atoms with E-state index in [0.29, 0.717) is 34.1 Å². The quantitative estimate of drug-likeness (QED) is 0.456. The number of methoxy groups -OCH3 is 1. The molecule has 194 valence electrons. The van der Waals surface area contributed by atoms with Crippen LogP contribution in [0.1, 0.15) is 49.9 Å². The fourth-order valence-corrected chi connectivity index (χ4v) is 4.70. The Bertz CT molecular complexity index is 1090. The van der Waals surface area contributed by atoms with Gasteiger partial charge in [0.1, 0.15) is 12.1 Å². The lowest BCUT2D eigenvalue weighted by molar-refractivity contribution is -0.117. The van der Waals surface area contributed by atoms with Gasteiger partial charge in [0, 0.05) is 43.7 Å². The molecule has 0 unspecified atom stereocenters. The van der Waals surface area contributed by atoms with Crippen LogP contribution < -0.4 is 30.9 Å². The molecule has 2 aromatic heterocycles. The molecule has 5 rings (SSSR count). The van der Waals surface area contributed by atoms with Crippen molar-refractivity contribution in [3.63, 3.8) is 0 Å². The molecule has 3 fully saturated rings. The highest BCUT2D eigenvalue weighted by atomic mass is 16.5. The molecule has 2 saturated heterocycles. The minimum Gasteiger partial charge on any atom is -0.490 e. The van der Waals surface area contributed by atoms with Gasteiger partial charge in [0.25, 0.3) is 5.91 Å². The Balaban J connectivity index is 0.00000148. The molecule has 2 aliphatic heterocycles. The van der Waals surface area contributed by atoms with Gasteiger partial charge in [0.15, 0.2) is 11.6 Å². The maximum absolute atomic E-state index is 12.5. The summed E-state index contributed by atoms with van der Waals surface area (Å²) >= 11 is 0. The number of nitrogens with one attached hydrogen (secondary N) is 4. The lowest BCUT2D eigenvalue weighted by Crippen LogP contribution is -2.60. The van der Waals surface area contributed by atoms with E-state index < -0.39 is 0 Å². The summed E-state index contributed by atoms with van der Waals surface area (Å²) in [4.78, 5) is 40.0. The van der Waals surface area contributed by atoms with E-state index in [4.69, 9.17) is 4.74 Å². The maximum atomic E-state index is 12.5. The lowest BCUT2D eigenvalue weighted by atomic mass is 9.72. The summed E-state index contributed by atoms with van der Waals surface area (Å²) in [6, 6.07) is 1.64. The van der Waals surface area contributed by atoms with Crippen molar-refractivity contribution in [3.05, 3.63) is 24.2 Å². The van der Waals surface area contributed by atoms with E-state index in [2.05, 4.69) is 41.1 Å². The van der Waals surface area contributed by atoms with Gasteiger partial charge in [-0.05, 0) is 38.8 Å². The van der Waals surface area contributed by atoms with Crippen LogP contribution in [0.3, 0.4) is 0 Å². The topological polar surface area (TPSA) is 133 Å². The highest BCUT2D eigenvalue weighted by molar-refractivity contribution is 6.01. The van der Waals surface area contributed by atoms with Gasteiger partial charge in [-0.15, -0.1) is 0 Å². The molecular formula is C25H36N8O3. The molecule has 36 heavy (non-hydrogen) atoms. The second-order valence-electron chi connectivity index (χ2n) is 9.27. The largest absolute Gasteiger partial charge is 0.490 e. The molecule has 3 aliphatic rings. The molecule has 0 aromatic carbocycles. The van der Waals surface area contributed by atoms with Crippen LogP contribution in [0.2, 0.25) is 0 Å². The van der Waals surface area contributed by atoms with E-state index in [1.165, 1.54) is 12.5 Å². The van der Waals surface area contributed by atoms with Crippen LogP contribution in [0, 0.1) is 11.3 Å². The van der Waals surface area contributed by atoms with E-state index in [0.717, 1.165) is 57.7 Å². The minimum atomic E-state index is -0.307. The predicted octanol–water partition coefficient (Wildman–Crippen LogP) is 2.55. The highest BCUT2D eigenvalue weighted by Crippen LogP contribution is 2.44. The van der Waals surface area contributed by atoms with E-state index in [1.807, 2.05) is 13.8 Å².